The average molecular weight is 292 g/mol. The zero-order chi connectivity index (χ0) is 15.5. The van der Waals surface area contributed by atoms with E-state index < -0.39 is 5.60 Å². The number of amides is 1. The summed E-state index contributed by atoms with van der Waals surface area (Å²) in [5.41, 5.74) is 7.24. The second kappa shape index (κ2) is 6.56. The number of hydrogen-bond acceptors (Lipinski definition) is 4. The molecule has 21 heavy (non-hydrogen) atoms. The van der Waals surface area contributed by atoms with Crippen LogP contribution in [0.5, 0.6) is 0 Å². The van der Waals surface area contributed by atoms with E-state index in [-0.39, 0.29) is 18.6 Å². The van der Waals surface area contributed by atoms with Gasteiger partial charge in [0.1, 0.15) is 0 Å². The Balaban J connectivity index is 2.09. The standard InChI is InChI=1S/C16H24N2O3/c1-16(2)11-18(9-14(10-19)21-16)15(20)7-12-5-3-4-6-13(12)8-17/h3-6,14,19H,7-11,17H2,1-2H3. The van der Waals surface area contributed by atoms with Gasteiger partial charge in [-0.25, -0.2) is 0 Å². The van der Waals surface area contributed by atoms with Gasteiger partial charge >= 0.3 is 0 Å². The fraction of sp³-hybridized carbons (Fsp3) is 0.562. The van der Waals surface area contributed by atoms with Crippen molar-refractivity contribution in [3.05, 3.63) is 35.4 Å². The van der Waals surface area contributed by atoms with E-state index in [1.54, 1.807) is 4.90 Å². The predicted octanol–water partition coefficient (Wildman–Crippen LogP) is 0.686. The largest absolute Gasteiger partial charge is 0.394 e. The van der Waals surface area contributed by atoms with Crippen molar-refractivity contribution in [2.24, 2.45) is 5.73 Å². The molecule has 5 nitrogen and oxygen atoms in total. The third-order valence-corrected chi connectivity index (χ3v) is 3.72. The Labute approximate surface area is 125 Å². The van der Waals surface area contributed by atoms with Gasteiger partial charge in [0.05, 0.1) is 24.7 Å². The summed E-state index contributed by atoms with van der Waals surface area (Å²) in [6, 6.07) is 7.73. The summed E-state index contributed by atoms with van der Waals surface area (Å²) in [5, 5.41) is 9.32. The molecule has 1 aromatic carbocycles. The van der Waals surface area contributed by atoms with Crippen LogP contribution in [0, 0.1) is 0 Å². The summed E-state index contributed by atoms with van der Waals surface area (Å²) in [4.78, 5) is 14.3. The van der Waals surface area contributed by atoms with Gasteiger partial charge in [-0.2, -0.15) is 0 Å². The number of hydrogen-bond donors (Lipinski definition) is 2. The molecular weight excluding hydrogens is 268 g/mol. The SMILES string of the molecule is CC1(C)CN(C(=O)Cc2ccccc2CN)CC(CO)O1. The van der Waals surface area contributed by atoms with Gasteiger partial charge in [-0.05, 0) is 25.0 Å². The van der Waals surface area contributed by atoms with Crippen molar-refractivity contribution < 1.29 is 14.6 Å². The molecule has 116 valence electrons. The second-order valence-electron chi connectivity index (χ2n) is 6.11. The molecule has 1 atom stereocenters. The lowest BCUT2D eigenvalue weighted by atomic mass is 10.0. The fourth-order valence-electron chi connectivity index (χ4n) is 2.78. The molecule has 5 heteroatoms. The number of carbonyl (C=O) groups is 1. The van der Waals surface area contributed by atoms with Crippen molar-refractivity contribution in [3.63, 3.8) is 0 Å². The minimum atomic E-state index is -0.436. The second-order valence-corrected chi connectivity index (χ2v) is 6.11. The van der Waals surface area contributed by atoms with Crippen LogP contribution in [-0.4, -0.2) is 47.3 Å². The van der Waals surface area contributed by atoms with Gasteiger partial charge in [0.25, 0.3) is 0 Å². The maximum Gasteiger partial charge on any atom is 0.227 e. The summed E-state index contributed by atoms with van der Waals surface area (Å²) < 4.78 is 5.73. The summed E-state index contributed by atoms with van der Waals surface area (Å²) in [7, 11) is 0. The Morgan fingerprint density at radius 1 is 1.43 bits per heavy atom. The van der Waals surface area contributed by atoms with Crippen LogP contribution in [0.1, 0.15) is 25.0 Å². The van der Waals surface area contributed by atoms with Crippen molar-refractivity contribution in [1.82, 2.24) is 4.90 Å². The molecule has 1 aromatic rings. The molecule has 0 spiro atoms. The maximum atomic E-state index is 12.5. The molecule has 1 unspecified atom stereocenters. The molecule has 1 aliphatic heterocycles. The summed E-state index contributed by atoms with van der Waals surface area (Å²) in [6.45, 7) is 5.19. The molecule has 0 saturated carbocycles. The van der Waals surface area contributed by atoms with Crippen molar-refractivity contribution >= 4 is 5.91 Å². The molecule has 1 aliphatic rings. The van der Waals surface area contributed by atoms with Crippen molar-refractivity contribution in [2.75, 3.05) is 19.7 Å². The maximum absolute atomic E-state index is 12.5. The minimum Gasteiger partial charge on any atom is -0.394 e. The highest BCUT2D eigenvalue weighted by Gasteiger charge is 2.35. The summed E-state index contributed by atoms with van der Waals surface area (Å²) in [5.74, 6) is 0.0470. The van der Waals surface area contributed by atoms with Crippen LogP contribution in [0.3, 0.4) is 0 Å². The van der Waals surface area contributed by atoms with E-state index in [0.717, 1.165) is 11.1 Å². The van der Waals surface area contributed by atoms with Gasteiger partial charge in [-0.15, -0.1) is 0 Å². The third kappa shape index (κ3) is 4.03. The Hall–Kier alpha value is -1.43. The van der Waals surface area contributed by atoms with Gasteiger partial charge in [-0.1, -0.05) is 24.3 Å². The highest BCUT2D eigenvalue weighted by molar-refractivity contribution is 5.79. The zero-order valence-electron chi connectivity index (χ0n) is 12.7. The lowest BCUT2D eigenvalue weighted by Gasteiger charge is -2.42. The Morgan fingerprint density at radius 2 is 2.10 bits per heavy atom. The molecule has 0 radical (unpaired) electrons. The fourth-order valence-corrected chi connectivity index (χ4v) is 2.78. The topological polar surface area (TPSA) is 75.8 Å². The first-order chi connectivity index (χ1) is 9.95. The van der Waals surface area contributed by atoms with Crippen LogP contribution in [0.15, 0.2) is 24.3 Å². The highest BCUT2D eigenvalue weighted by atomic mass is 16.5. The lowest BCUT2D eigenvalue weighted by molar-refractivity contribution is -0.166. The van der Waals surface area contributed by atoms with Crippen LogP contribution < -0.4 is 5.73 Å². The normalized spacial score (nSPS) is 21.3. The molecule has 1 amide bonds. The third-order valence-electron chi connectivity index (χ3n) is 3.72. The van der Waals surface area contributed by atoms with Crippen molar-refractivity contribution in [2.45, 2.75) is 38.5 Å². The number of ether oxygens (including phenoxy) is 1. The first-order valence-corrected chi connectivity index (χ1v) is 7.28. The molecule has 0 aromatic heterocycles. The minimum absolute atomic E-state index is 0.0470. The highest BCUT2D eigenvalue weighted by Crippen LogP contribution is 2.22. The van der Waals surface area contributed by atoms with Gasteiger partial charge in [-0.3, -0.25) is 4.79 Å². The van der Waals surface area contributed by atoms with Crippen LogP contribution in [-0.2, 0) is 22.5 Å². The van der Waals surface area contributed by atoms with E-state index in [1.807, 2.05) is 38.1 Å². The van der Waals surface area contributed by atoms with Crippen molar-refractivity contribution in [3.8, 4) is 0 Å². The number of nitrogens with zero attached hydrogens (tertiary/aromatic N) is 1. The van der Waals surface area contributed by atoms with E-state index >= 15 is 0 Å². The number of aliphatic hydroxyl groups is 1. The molecular formula is C16H24N2O3. The van der Waals surface area contributed by atoms with Crippen molar-refractivity contribution in [1.29, 1.82) is 0 Å². The monoisotopic (exact) mass is 292 g/mol. The molecule has 0 bridgehead atoms. The smallest absolute Gasteiger partial charge is 0.227 e. The number of carbonyl (C=O) groups excluding carboxylic acids is 1. The summed E-state index contributed by atoms with van der Waals surface area (Å²) >= 11 is 0. The van der Waals surface area contributed by atoms with Crippen LogP contribution >= 0.6 is 0 Å². The molecule has 1 saturated heterocycles. The predicted molar refractivity (Wildman–Crippen MR) is 80.7 cm³/mol. The number of morpholine rings is 1. The first-order valence-electron chi connectivity index (χ1n) is 7.28. The number of aliphatic hydroxyl groups excluding tert-OH is 1. The Kier molecular flexibility index (Phi) is 4.98. The molecule has 1 fully saturated rings. The van der Waals surface area contributed by atoms with E-state index in [1.165, 1.54) is 0 Å². The zero-order valence-corrected chi connectivity index (χ0v) is 12.7. The van der Waals surface area contributed by atoms with E-state index in [9.17, 15) is 9.90 Å². The molecule has 2 rings (SSSR count). The Bertz CT molecular complexity index is 502. The van der Waals surface area contributed by atoms with Crippen LogP contribution in [0.4, 0.5) is 0 Å². The molecule has 3 N–H and O–H groups in total. The van der Waals surface area contributed by atoms with Crippen LogP contribution in [0.25, 0.3) is 0 Å². The van der Waals surface area contributed by atoms with E-state index in [0.29, 0.717) is 26.1 Å². The van der Waals surface area contributed by atoms with Gasteiger partial charge in [0.2, 0.25) is 5.91 Å². The van der Waals surface area contributed by atoms with E-state index in [4.69, 9.17) is 10.5 Å². The lowest BCUT2D eigenvalue weighted by Crippen LogP contribution is -2.55. The van der Waals surface area contributed by atoms with Gasteiger partial charge < -0.3 is 20.5 Å². The summed E-state index contributed by atoms with van der Waals surface area (Å²) in [6.07, 6.45) is 0.0177. The number of nitrogens with two attached hydrogens (primary N) is 1. The number of rotatable bonds is 4. The first kappa shape index (κ1) is 15.9. The Morgan fingerprint density at radius 3 is 2.71 bits per heavy atom. The van der Waals surface area contributed by atoms with Gasteiger partial charge in [0, 0.05) is 19.6 Å². The quantitative estimate of drug-likeness (QED) is 0.856. The number of benzene rings is 1. The van der Waals surface area contributed by atoms with Gasteiger partial charge in [0.15, 0.2) is 0 Å². The molecule has 0 aliphatic carbocycles. The average Bonchev–Trinajstić information content (AvgIpc) is 2.46. The van der Waals surface area contributed by atoms with E-state index in [2.05, 4.69) is 0 Å². The molecule has 1 heterocycles. The van der Waals surface area contributed by atoms with Crippen LogP contribution in [0.2, 0.25) is 0 Å².